The minimum Gasteiger partial charge on any atom is -0.444 e. The van der Waals surface area contributed by atoms with Gasteiger partial charge in [0.1, 0.15) is 5.60 Å². The lowest BCUT2D eigenvalue weighted by molar-refractivity contribution is -0.139. The van der Waals surface area contributed by atoms with Gasteiger partial charge in [0.25, 0.3) is 0 Å². The second kappa shape index (κ2) is 12.1. The van der Waals surface area contributed by atoms with E-state index in [1.807, 2.05) is 75.4 Å². The van der Waals surface area contributed by atoms with Crippen molar-refractivity contribution >= 4 is 23.6 Å². The molecule has 5 rings (SSSR count). The number of ether oxygens (including phenoxy) is 1. The fourth-order valence-electron chi connectivity index (χ4n) is 5.93. The van der Waals surface area contributed by atoms with Crippen LogP contribution in [0.15, 0.2) is 60.8 Å². The van der Waals surface area contributed by atoms with Crippen LogP contribution in [-0.4, -0.2) is 45.6 Å². The number of rotatable bonds is 8. The second-order valence-electron chi connectivity index (χ2n) is 12.7. The monoisotopic (exact) mass is 609 g/mol. The Morgan fingerprint density at radius 3 is 2.23 bits per heavy atom. The molecule has 1 aromatic heterocycles. The molecule has 234 valence electrons. The molecule has 8 nitrogen and oxygen atoms in total. The Morgan fingerprint density at radius 1 is 1.05 bits per heavy atom. The van der Waals surface area contributed by atoms with Gasteiger partial charge in [-0.2, -0.15) is 13.2 Å². The van der Waals surface area contributed by atoms with E-state index in [-0.39, 0.29) is 30.1 Å². The zero-order valence-corrected chi connectivity index (χ0v) is 25.2. The maximum absolute atomic E-state index is 14.2. The van der Waals surface area contributed by atoms with Crippen LogP contribution in [0.2, 0.25) is 0 Å². The summed E-state index contributed by atoms with van der Waals surface area (Å²) in [4.78, 5) is 35.1. The normalized spacial score (nSPS) is 17.5. The number of amides is 2. The number of primary amides is 1. The van der Waals surface area contributed by atoms with E-state index in [9.17, 15) is 22.8 Å². The number of nitrogens with two attached hydrogens (primary N) is 1. The van der Waals surface area contributed by atoms with Gasteiger partial charge in [0.2, 0.25) is 11.9 Å². The molecule has 2 amide bonds. The predicted molar refractivity (Wildman–Crippen MR) is 160 cm³/mol. The number of nitrogens with zero attached hydrogens (tertiary/aromatic N) is 3. The molecule has 1 atom stereocenters. The Morgan fingerprint density at radius 2 is 1.68 bits per heavy atom. The molecule has 1 saturated heterocycles. The lowest BCUT2D eigenvalue weighted by Gasteiger charge is -2.33. The highest BCUT2D eigenvalue weighted by Crippen LogP contribution is 2.58. The summed E-state index contributed by atoms with van der Waals surface area (Å²) >= 11 is 0. The standard InChI is InChI=1S/C33H38F3N5O3/c1-31(2,3)44-30(43)41-17-13-23(14-18-41)22-9-11-24(12-10-22)39-29-38-20-26(33(34,35)36)27(40-29)25(32(15-16-32)28(37)42)19-21-7-5-4-6-8-21/h4-12,20,23,25H,13-19H2,1-3H3,(H2,37,42)(H,38,39,40). The molecule has 2 fully saturated rings. The first-order valence-electron chi connectivity index (χ1n) is 14.9. The van der Waals surface area contributed by atoms with Crippen molar-refractivity contribution in [1.29, 1.82) is 0 Å². The number of aromatic nitrogens is 2. The molecule has 3 N–H and O–H groups in total. The van der Waals surface area contributed by atoms with Crippen molar-refractivity contribution in [2.75, 3.05) is 18.4 Å². The van der Waals surface area contributed by atoms with E-state index in [0.29, 0.717) is 31.6 Å². The number of carbonyl (C=O) groups is 2. The second-order valence-corrected chi connectivity index (χ2v) is 12.7. The van der Waals surface area contributed by atoms with Crippen LogP contribution in [0.3, 0.4) is 0 Å². The number of alkyl halides is 3. The van der Waals surface area contributed by atoms with Gasteiger partial charge in [-0.15, -0.1) is 0 Å². The van der Waals surface area contributed by atoms with Crippen LogP contribution in [-0.2, 0) is 22.1 Å². The molecule has 1 aliphatic heterocycles. The van der Waals surface area contributed by atoms with E-state index in [1.165, 1.54) is 0 Å². The third-order valence-electron chi connectivity index (χ3n) is 8.47. The molecule has 1 unspecified atom stereocenters. The highest BCUT2D eigenvalue weighted by molar-refractivity contribution is 5.85. The van der Waals surface area contributed by atoms with Gasteiger partial charge in [-0.25, -0.2) is 14.8 Å². The van der Waals surface area contributed by atoms with Crippen LogP contribution in [0, 0.1) is 5.41 Å². The van der Waals surface area contributed by atoms with Gasteiger partial charge in [0.15, 0.2) is 0 Å². The minimum absolute atomic E-state index is 0.00440. The number of piperidine rings is 1. The van der Waals surface area contributed by atoms with Crippen LogP contribution >= 0.6 is 0 Å². The quantitative estimate of drug-likeness (QED) is 0.286. The van der Waals surface area contributed by atoms with Gasteiger partial charge < -0.3 is 20.7 Å². The number of hydrogen-bond acceptors (Lipinski definition) is 6. The maximum atomic E-state index is 14.2. The Bertz CT molecular complexity index is 1480. The average Bonchev–Trinajstić information content (AvgIpc) is 3.78. The summed E-state index contributed by atoms with van der Waals surface area (Å²) in [6, 6.07) is 16.7. The number of nitrogens with one attached hydrogen (secondary N) is 1. The summed E-state index contributed by atoms with van der Waals surface area (Å²) in [6.07, 6.45) is -1.65. The van der Waals surface area contributed by atoms with E-state index < -0.39 is 34.6 Å². The smallest absolute Gasteiger partial charge is 0.419 e. The van der Waals surface area contributed by atoms with Crippen molar-refractivity contribution in [3.8, 4) is 0 Å². The molecule has 1 aliphatic carbocycles. The van der Waals surface area contributed by atoms with Crippen LogP contribution in [0.1, 0.15) is 80.7 Å². The van der Waals surface area contributed by atoms with Gasteiger partial charge in [-0.1, -0.05) is 42.5 Å². The Kier molecular flexibility index (Phi) is 8.59. The van der Waals surface area contributed by atoms with Gasteiger partial charge in [-0.3, -0.25) is 4.79 Å². The third-order valence-corrected chi connectivity index (χ3v) is 8.47. The molecule has 3 aromatic rings. The molecular weight excluding hydrogens is 571 g/mol. The molecular formula is C33H38F3N5O3. The van der Waals surface area contributed by atoms with Crippen molar-refractivity contribution in [2.24, 2.45) is 11.1 Å². The van der Waals surface area contributed by atoms with E-state index in [2.05, 4.69) is 15.3 Å². The highest BCUT2D eigenvalue weighted by Gasteiger charge is 2.57. The average molecular weight is 610 g/mol. The van der Waals surface area contributed by atoms with Crippen molar-refractivity contribution in [3.05, 3.63) is 83.2 Å². The van der Waals surface area contributed by atoms with Gasteiger partial charge in [0.05, 0.1) is 16.7 Å². The van der Waals surface area contributed by atoms with Crippen molar-refractivity contribution in [1.82, 2.24) is 14.9 Å². The van der Waals surface area contributed by atoms with Crippen molar-refractivity contribution in [3.63, 3.8) is 0 Å². The summed E-state index contributed by atoms with van der Waals surface area (Å²) in [6.45, 7) is 6.73. The van der Waals surface area contributed by atoms with E-state index in [0.717, 1.165) is 30.2 Å². The number of anilines is 2. The first-order valence-corrected chi connectivity index (χ1v) is 14.9. The first kappa shape index (κ1) is 31.3. The number of likely N-dealkylation sites (tertiary alicyclic amines) is 1. The molecule has 1 saturated carbocycles. The Balaban J connectivity index is 1.34. The van der Waals surface area contributed by atoms with Gasteiger partial charge in [0, 0.05) is 30.9 Å². The molecule has 11 heteroatoms. The summed E-state index contributed by atoms with van der Waals surface area (Å²) in [5, 5.41) is 3.04. The lowest BCUT2D eigenvalue weighted by atomic mass is 9.79. The van der Waals surface area contributed by atoms with Crippen LogP contribution in [0.25, 0.3) is 0 Å². The Hall–Kier alpha value is -4.15. The summed E-state index contributed by atoms with van der Waals surface area (Å²) < 4.78 is 48.2. The molecule has 0 spiro atoms. The SMILES string of the molecule is CC(C)(C)OC(=O)N1CCC(c2ccc(Nc3ncc(C(F)(F)F)c(C(Cc4ccccc4)C4(C(N)=O)CC4)n3)cc2)CC1. The van der Waals surface area contributed by atoms with Gasteiger partial charge in [-0.05, 0) is 82.1 Å². The van der Waals surface area contributed by atoms with Crippen molar-refractivity contribution < 1.29 is 27.5 Å². The third kappa shape index (κ3) is 7.14. The van der Waals surface area contributed by atoms with Crippen LogP contribution < -0.4 is 11.1 Å². The molecule has 2 aromatic carbocycles. The summed E-state index contributed by atoms with van der Waals surface area (Å²) in [7, 11) is 0. The van der Waals surface area contributed by atoms with E-state index in [4.69, 9.17) is 10.5 Å². The zero-order chi connectivity index (χ0) is 31.7. The van der Waals surface area contributed by atoms with Crippen molar-refractivity contribution in [2.45, 2.75) is 76.5 Å². The Labute approximate surface area is 255 Å². The van der Waals surface area contributed by atoms with Crippen LogP contribution in [0.5, 0.6) is 0 Å². The zero-order valence-electron chi connectivity index (χ0n) is 25.2. The lowest BCUT2D eigenvalue weighted by Crippen LogP contribution is -2.41. The topological polar surface area (TPSA) is 110 Å². The summed E-state index contributed by atoms with van der Waals surface area (Å²) in [5.41, 5.74) is 5.43. The maximum Gasteiger partial charge on any atom is 0.419 e. The predicted octanol–water partition coefficient (Wildman–Crippen LogP) is 6.95. The number of benzene rings is 2. The number of hydrogen-bond donors (Lipinski definition) is 2. The molecule has 2 aliphatic rings. The van der Waals surface area contributed by atoms with E-state index in [1.54, 1.807) is 4.90 Å². The first-order chi connectivity index (χ1) is 20.7. The molecule has 44 heavy (non-hydrogen) atoms. The number of halogens is 3. The van der Waals surface area contributed by atoms with Gasteiger partial charge >= 0.3 is 12.3 Å². The highest BCUT2D eigenvalue weighted by atomic mass is 19.4. The van der Waals surface area contributed by atoms with Crippen LogP contribution in [0.4, 0.5) is 29.6 Å². The molecule has 2 heterocycles. The molecule has 0 bridgehead atoms. The fraction of sp³-hybridized carbons (Fsp3) is 0.455. The minimum atomic E-state index is -4.71. The summed E-state index contributed by atoms with van der Waals surface area (Å²) in [5.74, 6) is -1.22. The number of carbonyl (C=O) groups excluding carboxylic acids is 2. The molecule has 0 radical (unpaired) electrons. The largest absolute Gasteiger partial charge is 0.444 e. The van der Waals surface area contributed by atoms with E-state index >= 15 is 0 Å². The fourth-order valence-corrected chi connectivity index (χ4v) is 5.93.